The van der Waals surface area contributed by atoms with Crippen LogP contribution in [0, 0.1) is 0 Å². The van der Waals surface area contributed by atoms with Gasteiger partial charge in [0.2, 0.25) is 0 Å². The van der Waals surface area contributed by atoms with E-state index in [1.807, 2.05) is 0 Å². The number of nitrogens with one attached hydrogen (secondary N) is 1. The quantitative estimate of drug-likeness (QED) is 0.697. The second-order valence-electron chi connectivity index (χ2n) is 5.97. The molecule has 1 heterocycles. The molecule has 0 bridgehead atoms. The highest BCUT2D eigenvalue weighted by Crippen LogP contribution is 2.31. The summed E-state index contributed by atoms with van der Waals surface area (Å²) in [5.74, 6) is 0. The van der Waals surface area contributed by atoms with E-state index in [0.717, 1.165) is 13.0 Å². The molecule has 1 aliphatic heterocycles. The molecule has 1 aliphatic rings. The van der Waals surface area contributed by atoms with Gasteiger partial charge < -0.3 is 5.32 Å². The number of benzene rings is 3. The number of hydrogen-bond acceptors (Lipinski definition) is 1. The Morgan fingerprint density at radius 1 is 0.739 bits per heavy atom. The lowest BCUT2D eigenvalue weighted by Crippen LogP contribution is -1.91. The van der Waals surface area contributed by atoms with Gasteiger partial charge >= 0.3 is 0 Å². The van der Waals surface area contributed by atoms with Gasteiger partial charge in [0.25, 0.3) is 0 Å². The van der Waals surface area contributed by atoms with Crippen LogP contribution in [0.1, 0.15) is 22.3 Å². The van der Waals surface area contributed by atoms with E-state index in [1.54, 1.807) is 0 Å². The Morgan fingerprint density at radius 3 is 2.26 bits per heavy atom. The molecule has 0 saturated carbocycles. The Bertz CT molecular complexity index is 829. The van der Waals surface area contributed by atoms with Crippen molar-refractivity contribution in [2.45, 2.75) is 6.42 Å². The number of rotatable bonds is 3. The third-order valence-electron chi connectivity index (χ3n) is 4.31. The molecule has 0 atom stereocenters. The average molecular weight is 297 g/mol. The van der Waals surface area contributed by atoms with E-state index in [2.05, 4.69) is 90.3 Å². The van der Waals surface area contributed by atoms with Crippen molar-refractivity contribution in [3.05, 3.63) is 101 Å². The van der Waals surface area contributed by atoms with E-state index >= 15 is 0 Å². The van der Waals surface area contributed by atoms with Gasteiger partial charge in [-0.2, -0.15) is 0 Å². The topological polar surface area (TPSA) is 12.0 Å². The predicted octanol–water partition coefficient (Wildman–Crippen LogP) is 5.24. The number of fused-ring (bicyclic) bond motifs is 1. The largest absolute Gasteiger partial charge is 0.380 e. The minimum absolute atomic E-state index is 0.908. The molecule has 4 rings (SSSR count). The first-order valence-corrected chi connectivity index (χ1v) is 8.05. The summed E-state index contributed by atoms with van der Waals surface area (Å²) in [4.78, 5) is 0. The second-order valence-corrected chi connectivity index (χ2v) is 5.97. The molecule has 0 aromatic heterocycles. The number of anilines is 1. The zero-order chi connectivity index (χ0) is 15.5. The normalized spacial score (nSPS) is 14.5. The lowest BCUT2D eigenvalue weighted by Gasteiger charge is -2.04. The molecular weight excluding hydrogens is 278 g/mol. The first-order valence-electron chi connectivity index (χ1n) is 8.05. The average Bonchev–Trinajstić information content (AvgIpc) is 3.01. The SMILES string of the molecule is C(=C1\CNc2ccccc21)/c1ccc(Cc2ccccc2)cc1. The lowest BCUT2D eigenvalue weighted by molar-refractivity contribution is 1.19. The molecule has 1 heteroatoms. The van der Waals surface area contributed by atoms with Crippen LogP contribution < -0.4 is 5.32 Å². The van der Waals surface area contributed by atoms with Crippen molar-refractivity contribution >= 4 is 17.3 Å². The van der Waals surface area contributed by atoms with Gasteiger partial charge in [0.05, 0.1) is 0 Å². The fourth-order valence-electron chi connectivity index (χ4n) is 3.10. The van der Waals surface area contributed by atoms with Gasteiger partial charge in [-0.05, 0) is 40.8 Å². The summed E-state index contributed by atoms with van der Waals surface area (Å²) in [5, 5.41) is 3.45. The molecule has 0 spiro atoms. The molecule has 3 aromatic carbocycles. The van der Waals surface area contributed by atoms with Crippen molar-refractivity contribution in [3.8, 4) is 0 Å². The van der Waals surface area contributed by atoms with Gasteiger partial charge in [0.15, 0.2) is 0 Å². The molecule has 112 valence electrons. The summed E-state index contributed by atoms with van der Waals surface area (Å²) in [7, 11) is 0. The Balaban J connectivity index is 1.54. The fourth-order valence-corrected chi connectivity index (χ4v) is 3.10. The molecule has 0 fully saturated rings. The van der Waals surface area contributed by atoms with Gasteiger partial charge in [0.1, 0.15) is 0 Å². The maximum Gasteiger partial charge on any atom is 0.0419 e. The van der Waals surface area contributed by atoms with Crippen molar-refractivity contribution in [2.24, 2.45) is 0 Å². The summed E-state index contributed by atoms with van der Waals surface area (Å²) in [6, 6.07) is 28.0. The Kier molecular flexibility index (Phi) is 3.69. The second kappa shape index (κ2) is 6.13. The maximum absolute atomic E-state index is 3.45. The molecule has 0 saturated heterocycles. The van der Waals surface area contributed by atoms with E-state index in [-0.39, 0.29) is 0 Å². The highest BCUT2D eigenvalue weighted by Gasteiger charge is 2.13. The van der Waals surface area contributed by atoms with Gasteiger partial charge in [-0.25, -0.2) is 0 Å². The third kappa shape index (κ3) is 3.04. The van der Waals surface area contributed by atoms with Crippen LogP contribution in [0.15, 0.2) is 78.9 Å². The van der Waals surface area contributed by atoms with E-state index < -0.39 is 0 Å². The minimum Gasteiger partial charge on any atom is -0.380 e. The van der Waals surface area contributed by atoms with Crippen LogP contribution in [0.25, 0.3) is 11.6 Å². The number of para-hydroxylation sites is 1. The Hall–Kier alpha value is -2.80. The minimum atomic E-state index is 0.908. The highest BCUT2D eigenvalue weighted by molar-refractivity contribution is 5.92. The van der Waals surface area contributed by atoms with Crippen molar-refractivity contribution in [1.29, 1.82) is 0 Å². The van der Waals surface area contributed by atoms with Gasteiger partial charge in [0, 0.05) is 17.8 Å². The molecule has 23 heavy (non-hydrogen) atoms. The van der Waals surface area contributed by atoms with Crippen LogP contribution in [0.2, 0.25) is 0 Å². The number of hydrogen-bond donors (Lipinski definition) is 1. The standard InChI is InChI=1S/C22H19N/c1-2-6-17(7-3-1)14-18-10-12-19(13-11-18)15-20-16-23-22-9-5-4-8-21(20)22/h1-13,15,23H,14,16H2/b20-15-. The van der Waals surface area contributed by atoms with E-state index in [4.69, 9.17) is 0 Å². The first kappa shape index (κ1) is 13.8. The smallest absolute Gasteiger partial charge is 0.0419 e. The molecule has 0 aliphatic carbocycles. The molecular formula is C22H19N. The highest BCUT2D eigenvalue weighted by atomic mass is 14.9. The van der Waals surface area contributed by atoms with Crippen LogP contribution in [0.3, 0.4) is 0 Å². The molecule has 0 unspecified atom stereocenters. The van der Waals surface area contributed by atoms with Crippen molar-refractivity contribution in [2.75, 3.05) is 11.9 Å². The first-order chi connectivity index (χ1) is 11.4. The monoisotopic (exact) mass is 297 g/mol. The van der Waals surface area contributed by atoms with Crippen molar-refractivity contribution < 1.29 is 0 Å². The van der Waals surface area contributed by atoms with E-state index in [0.29, 0.717) is 0 Å². The summed E-state index contributed by atoms with van der Waals surface area (Å²) in [6.07, 6.45) is 3.27. The van der Waals surface area contributed by atoms with Gasteiger partial charge in [-0.15, -0.1) is 0 Å². The lowest BCUT2D eigenvalue weighted by atomic mass is 10.0. The molecule has 1 nitrogen and oxygen atoms in total. The molecule has 3 aromatic rings. The zero-order valence-electron chi connectivity index (χ0n) is 13.0. The van der Waals surface area contributed by atoms with Gasteiger partial charge in [-0.1, -0.05) is 72.8 Å². The van der Waals surface area contributed by atoms with Crippen LogP contribution in [0.4, 0.5) is 5.69 Å². The van der Waals surface area contributed by atoms with Crippen LogP contribution in [-0.4, -0.2) is 6.54 Å². The van der Waals surface area contributed by atoms with Crippen LogP contribution in [-0.2, 0) is 6.42 Å². The molecule has 1 N–H and O–H groups in total. The Morgan fingerprint density at radius 2 is 1.43 bits per heavy atom. The van der Waals surface area contributed by atoms with Gasteiger partial charge in [-0.3, -0.25) is 0 Å². The predicted molar refractivity (Wildman–Crippen MR) is 98.5 cm³/mol. The van der Waals surface area contributed by atoms with E-state index in [9.17, 15) is 0 Å². The van der Waals surface area contributed by atoms with E-state index in [1.165, 1.54) is 33.5 Å². The maximum atomic E-state index is 3.45. The zero-order valence-corrected chi connectivity index (χ0v) is 13.0. The summed E-state index contributed by atoms with van der Waals surface area (Å²) >= 11 is 0. The Labute approximate surface area is 137 Å². The molecule has 0 amide bonds. The summed E-state index contributed by atoms with van der Waals surface area (Å²) in [6.45, 7) is 0.908. The summed E-state index contributed by atoms with van der Waals surface area (Å²) < 4.78 is 0. The third-order valence-corrected chi connectivity index (χ3v) is 4.31. The summed E-state index contributed by atoms with van der Waals surface area (Å²) in [5.41, 5.74) is 7.88. The fraction of sp³-hybridized carbons (Fsp3) is 0.0909. The molecule has 0 radical (unpaired) electrons. The van der Waals surface area contributed by atoms with Crippen LogP contribution >= 0.6 is 0 Å². The van der Waals surface area contributed by atoms with Crippen LogP contribution in [0.5, 0.6) is 0 Å². The van der Waals surface area contributed by atoms with Crippen molar-refractivity contribution in [3.63, 3.8) is 0 Å². The van der Waals surface area contributed by atoms with Crippen molar-refractivity contribution in [1.82, 2.24) is 0 Å².